The zero-order chi connectivity index (χ0) is 23.8. The van der Waals surface area contributed by atoms with Crippen LogP contribution in [0.2, 0.25) is 0 Å². The van der Waals surface area contributed by atoms with Crippen LogP contribution < -0.4 is 15.2 Å². The molecule has 2 aromatic carbocycles. The van der Waals surface area contributed by atoms with Gasteiger partial charge < -0.3 is 0 Å². The number of sulfonamides is 2. The molecule has 0 saturated carbocycles. The van der Waals surface area contributed by atoms with Crippen LogP contribution in [0.15, 0.2) is 47.4 Å². The van der Waals surface area contributed by atoms with Crippen LogP contribution in [0, 0.1) is 0 Å². The molecule has 0 aliphatic carbocycles. The number of benzene rings is 2. The summed E-state index contributed by atoms with van der Waals surface area (Å²) in [6.07, 6.45) is 1.59. The number of nitrogens with one attached hydrogen (secondary N) is 2. The zero-order valence-electron chi connectivity index (χ0n) is 18.0. The summed E-state index contributed by atoms with van der Waals surface area (Å²) in [5.74, 6) is -1.28. The molecule has 1 aliphatic rings. The second kappa shape index (κ2) is 8.52. The van der Waals surface area contributed by atoms with Gasteiger partial charge in [0, 0.05) is 31.3 Å². The molecule has 32 heavy (non-hydrogen) atoms. The van der Waals surface area contributed by atoms with Gasteiger partial charge in [-0.1, -0.05) is 6.07 Å². The molecule has 0 fully saturated rings. The molecule has 0 aromatic heterocycles. The predicted octanol–water partition coefficient (Wildman–Crippen LogP) is 0.722. The first kappa shape index (κ1) is 23.7. The van der Waals surface area contributed by atoms with Crippen LogP contribution in [0.25, 0.3) is 0 Å². The lowest BCUT2D eigenvalue weighted by Crippen LogP contribution is -2.41. The number of carbonyl (C=O) groups is 2. The summed E-state index contributed by atoms with van der Waals surface area (Å²) in [4.78, 5) is 24.8. The fraction of sp³-hybridized carbons (Fsp3) is 0.300. The largest absolute Gasteiger partial charge is 0.269 e. The predicted molar refractivity (Wildman–Crippen MR) is 119 cm³/mol. The Bertz CT molecular complexity index is 1290. The molecule has 1 aliphatic heterocycles. The van der Waals surface area contributed by atoms with Crippen LogP contribution in [0.5, 0.6) is 0 Å². The molecule has 0 radical (unpaired) electrons. The molecule has 3 rings (SSSR count). The highest BCUT2D eigenvalue weighted by molar-refractivity contribution is 7.92. The molecule has 0 saturated heterocycles. The van der Waals surface area contributed by atoms with Gasteiger partial charge in [-0.25, -0.2) is 21.1 Å². The fourth-order valence-corrected chi connectivity index (χ4v) is 5.73. The standard InChI is InChI=1S/C20H24N4O6S2/c1-13-10-16-11-15(8-9-18(16)24(13)31(4,27)28)20(26)22-21-19(25)14-6-5-7-17(12-14)32(29,30)23(2)3/h5-9,11-13H,10H2,1-4H3,(H,21,25)(H,22,26). The van der Waals surface area contributed by atoms with E-state index in [4.69, 9.17) is 0 Å². The minimum absolute atomic E-state index is 0.0513. The first-order chi connectivity index (χ1) is 14.8. The average molecular weight is 481 g/mol. The van der Waals surface area contributed by atoms with Crippen molar-refractivity contribution < 1.29 is 26.4 Å². The van der Waals surface area contributed by atoms with Gasteiger partial charge in [0.05, 0.1) is 16.8 Å². The van der Waals surface area contributed by atoms with E-state index in [0.717, 1.165) is 10.6 Å². The van der Waals surface area contributed by atoms with E-state index in [0.29, 0.717) is 17.7 Å². The van der Waals surface area contributed by atoms with Crippen molar-refractivity contribution in [2.24, 2.45) is 0 Å². The Labute approximate surface area is 187 Å². The van der Waals surface area contributed by atoms with Gasteiger partial charge in [-0.3, -0.25) is 24.7 Å². The molecule has 0 bridgehead atoms. The highest BCUT2D eigenvalue weighted by atomic mass is 32.2. The first-order valence-corrected chi connectivity index (χ1v) is 12.9. The van der Waals surface area contributed by atoms with E-state index in [1.807, 2.05) is 0 Å². The number of rotatable bonds is 5. The van der Waals surface area contributed by atoms with Crippen LogP contribution in [-0.4, -0.2) is 59.3 Å². The molecule has 12 heteroatoms. The third-order valence-electron chi connectivity index (χ3n) is 5.02. The van der Waals surface area contributed by atoms with E-state index in [2.05, 4.69) is 10.9 Å². The molecular formula is C20H24N4O6S2. The monoisotopic (exact) mass is 480 g/mol. The van der Waals surface area contributed by atoms with Crippen molar-refractivity contribution in [3.63, 3.8) is 0 Å². The smallest absolute Gasteiger partial charge is 0.267 e. The van der Waals surface area contributed by atoms with E-state index in [-0.39, 0.29) is 22.1 Å². The number of hydrazine groups is 1. The minimum Gasteiger partial charge on any atom is -0.267 e. The average Bonchev–Trinajstić information content (AvgIpc) is 3.06. The fourth-order valence-electron chi connectivity index (χ4n) is 3.52. The number of carbonyl (C=O) groups excluding carboxylic acids is 2. The highest BCUT2D eigenvalue weighted by Crippen LogP contribution is 2.34. The number of hydrogen-bond acceptors (Lipinski definition) is 6. The summed E-state index contributed by atoms with van der Waals surface area (Å²) in [6.45, 7) is 1.78. The number of nitrogens with zero attached hydrogens (tertiary/aromatic N) is 2. The maximum atomic E-state index is 12.5. The lowest BCUT2D eigenvalue weighted by atomic mass is 10.1. The van der Waals surface area contributed by atoms with Gasteiger partial charge in [0.2, 0.25) is 20.0 Å². The van der Waals surface area contributed by atoms with Crippen molar-refractivity contribution in [2.45, 2.75) is 24.3 Å². The van der Waals surface area contributed by atoms with Gasteiger partial charge in [-0.05, 0) is 55.3 Å². The van der Waals surface area contributed by atoms with E-state index in [1.165, 1.54) is 48.7 Å². The molecule has 172 valence electrons. The van der Waals surface area contributed by atoms with E-state index < -0.39 is 31.9 Å². The van der Waals surface area contributed by atoms with Crippen molar-refractivity contribution in [1.82, 2.24) is 15.2 Å². The summed E-state index contributed by atoms with van der Waals surface area (Å²) in [5, 5.41) is 0. The second-order valence-electron chi connectivity index (χ2n) is 7.68. The van der Waals surface area contributed by atoms with Gasteiger partial charge in [0.15, 0.2) is 0 Å². The molecule has 10 nitrogen and oxygen atoms in total. The van der Waals surface area contributed by atoms with E-state index in [1.54, 1.807) is 19.1 Å². The molecule has 2 N–H and O–H groups in total. The second-order valence-corrected chi connectivity index (χ2v) is 11.7. The summed E-state index contributed by atoms with van der Waals surface area (Å²) in [6, 6.07) is 9.80. The SMILES string of the molecule is CC1Cc2cc(C(=O)NNC(=O)c3cccc(S(=O)(=O)N(C)C)c3)ccc2N1S(C)(=O)=O. The summed E-state index contributed by atoms with van der Waals surface area (Å²) in [7, 11) is -4.39. The van der Waals surface area contributed by atoms with E-state index in [9.17, 15) is 26.4 Å². The van der Waals surface area contributed by atoms with Crippen molar-refractivity contribution in [3.05, 3.63) is 59.2 Å². The van der Waals surface area contributed by atoms with Crippen LogP contribution in [0.4, 0.5) is 5.69 Å². The molecule has 0 spiro atoms. The van der Waals surface area contributed by atoms with Crippen LogP contribution in [0.1, 0.15) is 33.2 Å². The van der Waals surface area contributed by atoms with Gasteiger partial charge in [-0.15, -0.1) is 0 Å². The van der Waals surface area contributed by atoms with Crippen molar-refractivity contribution in [3.8, 4) is 0 Å². The maximum absolute atomic E-state index is 12.5. The molecule has 1 unspecified atom stereocenters. The van der Waals surface area contributed by atoms with E-state index >= 15 is 0 Å². The summed E-state index contributed by atoms with van der Waals surface area (Å²) < 4.78 is 50.9. The molecule has 1 atom stereocenters. The normalized spacial score (nSPS) is 16.0. The maximum Gasteiger partial charge on any atom is 0.269 e. The molecule has 2 aromatic rings. The Morgan fingerprint density at radius 3 is 2.12 bits per heavy atom. The summed E-state index contributed by atoms with van der Waals surface area (Å²) >= 11 is 0. The molecule has 2 amide bonds. The Hall–Kier alpha value is -2.96. The highest BCUT2D eigenvalue weighted by Gasteiger charge is 2.32. The zero-order valence-corrected chi connectivity index (χ0v) is 19.6. The number of anilines is 1. The molecule has 1 heterocycles. The molecular weight excluding hydrogens is 456 g/mol. The quantitative estimate of drug-likeness (QED) is 0.606. The van der Waals surface area contributed by atoms with Crippen molar-refractivity contribution in [1.29, 1.82) is 0 Å². The van der Waals surface area contributed by atoms with Crippen molar-refractivity contribution >= 4 is 37.5 Å². The number of fused-ring (bicyclic) bond motifs is 1. The Morgan fingerprint density at radius 2 is 1.56 bits per heavy atom. The third kappa shape index (κ3) is 4.61. The first-order valence-electron chi connectivity index (χ1n) is 9.58. The van der Waals surface area contributed by atoms with Crippen LogP contribution >= 0.6 is 0 Å². The topological polar surface area (TPSA) is 133 Å². The minimum atomic E-state index is -3.71. The number of amides is 2. The van der Waals surface area contributed by atoms with Gasteiger partial charge in [-0.2, -0.15) is 0 Å². The number of hydrogen-bond donors (Lipinski definition) is 2. The Kier molecular flexibility index (Phi) is 6.31. The van der Waals surface area contributed by atoms with Gasteiger partial charge >= 0.3 is 0 Å². The Balaban J connectivity index is 1.72. The van der Waals surface area contributed by atoms with Crippen LogP contribution in [-0.2, 0) is 26.5 Å². The Morgan fingerprint density at radius 1 is 0.969 bits per heavy atom. The lowest BCUT2D eigenvalue weighted by Gasteiger charge is -2.21. The van der Waals surface area contributed by atoms with Crippen molar-refractivity contribution in [2.75, 3.05) is 24.7 Å². The van der Waals surface area contributed by atoms with Gasteiger partial charge in [0.25, 0.3) is 11.8 Å². The van der Waals surface area contributed by atoms with Crippen LogP contribution in [0.3, 0.4) is 0 Å². The third-order valence-corrected chi connectivity index (χ3v) is 8.10. The summed E-state index contributed by atoms with van der Waals surface area (Å²) in [5.41, 5.74) is 6.09. The lowest BCUT2D eigenvalue weighted by molar-refractivity contribution is 0.0846. The van der Waals surface area contributed by atoms with Gasteiger partial charge in [0.1, 0.15) is 0 Å².